The standard InChI is InChI=1S/C18H27N5O2/c1-13-11-17(22-18(20-13)19-9-6-10-23(2)3)21-15-12-14(24-4)7-8-16(15)25-5/h7-8,11-12H,6,9-10H2,1-5H3,(H2,19,20,21,22). The molecular formula is C18H27N5O2. The third kappa shape index (κ3) is 5.79. The molecule has 1 heterocycles. The van der Waals surface area contributed by atoms with Crippen LogP contribution in [-0.4, -0.2) is 56.3 Å². The van der Waals surface area contributed by atoms with E-state index in [1.54, 1.807) is 14.2 Å². The molecule has 136 valence electrons. The van der Waals surface area contributed by atoms with Crippen molar-refractivity contribution < 1.29 is 9.47 Å². The van der Waals surface area contributed by atoms with Crippen LogP contribution in [0.1, 0.15) is 12.1 Å². The highest BCUT2D eigenvalue weighted by Gasteiger charge is 2.08. The van der Waals surface area contributed by atoms with Crippen molar-refractivity contribution in [3.05, 3.63) is 30.0 Å². The molecule has 0 saturated heterocycles. The zero-order chi connectivity index (χ0) is 18.2. The topological polar surface area (TPSA) is 71.5 Å². The van der Waals surface area contributed by atoms with Crippen LogP contribution in [0.2, 0.25) is 0 Å². The van der Waals surface area contributed by atoms with Crippen LogP contribution in [-0.2, 0) is 0 Å². The number of hydrogen-bond acceptors (Lipinski definition) is 7. The molecule has 0 atom stereocenters. The van der Waals surface area contributed by atoms with Crippen LogP contribution in [0.4, 0.5) is 17.5 Å². The Hall–Kier alpha value is -2.54. The third-order valence-electron chi connectivity index (χ3n) is 3.59. The third-order valence-corrected chi connectivity index (χ3v) is 3.59. The quantitative estimate of drug-likeness (QED) is 0.677. The Balaban J connectivity index is 2.12. The molecule has 7 nitrogen and oxygen atoms in total. The van der Waals surface area contributed by atoms with Crippen LogP contribution >= 0.6 is 0 Å². The molecule has 0 spiro atoms. The van der Waals surface area contributed by atoms with Gasteiger partial charge in [0.25, 0.3) is 0 Å². The van der Waals surface area contributed by atoms with Crippen molar-refractivity contribution in [2.45, 2.75) is 13.3 Å². The summed E-state index contributed by atoms with van der Waals surface area (Å²) in [7, 11) is 7.39. The van der Waals surface area contributed by atoms with E-state index in [1.807, 2.05) is 31.2 Å². The summed E-state index contributed by atoms with van der Waals surface area (Å²) in [6, 6.07) is 7.48. The molecule has 0 bridgehead atoms. The highest BCUT2D eigenvalue weighted by atomic mass is 16.5. The maximum absolute atomic E-state index is 5.40. The maximum atomic E-state index is 5.40. The van der Waals surface area contributed by atoms with Gasteiger partial charge in [0.2, 0.25) is 5.95 Å². The monoisotopic (exact) mass is 345 g/mol. The lowest BCUT2D eigenvalue weighted by atomic mass is 10.2. The fourth-order valence-corrected chi connectivity index (χ4v) is 2.36. The molecule has 0 amide bonds. The van der Waals surface area contributed by atoms with Crippen molar-refractivity contribution in [3.63, 3.8) is 0 Å². The average molecular weight is 345 g/mol. The van der Waals surface area contributed by atoms with Crippen LogP contribution in [0, 0.1) is 6.92 Å². The molecular weight excluding hydrogens is 318 g/mol. The van der Waals surface area contributed by atoms with Gasteiger partial charge >= 0.3 is 0 Å². The van der Waals surface area contributed by atoms with Gasteiger partial charge in [-0.2, -0.15) is 4.98 Å². The fourth-order valence-electron chi connectivity index (χ4n) is 2.36. The van der Waals surface area contributed by atoms with E-state index in [0.29, 0.717) is 11.8 Å². The van der Waals surface area contributed by atoms with Crippen LogP contribution in [0.3, 0.4) is 0 Å². The number of nitrogens with zero attached hydrogens (tertiary/aromatic N) is 3. The van der Waals surface area contributed by atoms with Gasteiger partial charge in [0.05, 0.1) is 19.9 Å². The lowest BCUT2D eigenvalue weighted by molar-refractivity contribution is 0.404. The van der Waals surface area contributed by atoms with Crippen molar-refractivity contribution in [1.82, 2.24) is 14.9 Å². The number of benzene rings is 1. The Kier molecular flexibility index (Phi) is 6.82. The van der Waals surface area contributed by atoms with Crippen LogP contribution in [0.15, 0.2) is 24.3 Å². The Labute approximate surface area is 149 Å². The van der Waals surface area contributed by atoms with Crippen molar-refractivity contribution >= 4 is 17.5 Å². The second kappa shape index (κ2) is 9.08. The number of anilines is 3. The number of rotatable bonds is 9. The van der Waals surface area contributed by atoms with Crippen molar-refractivity contribution in [3.8, 4) is 11.5 Å². The molecule has 0 unspecified atom stereocenters. The predicted octanol–water partition coefficient (Wildman–Crippen LogP) is 2.91. The van der Waals surface area contributed by atoms with Crippen LogP contribution in [0.5, 0.6) is 11.5 Å². The number of ether oxygens (including phenoxy) is 2. The van der Waals surface area contributed by atoms with Gasteiger partial charge in [-0.1, -0.05) is 0 Å². The summed E-state index contributed by atoms with van der Waals surface area (Å²) in [5.41, 5.74) is 1.67. The molecule has 0 fully saturated rings. The van der Waals surface area contributed by atoms with E-state index in [9.17, 15) is 0 Å². The Morgan fingerprint density at radius 1 is 1.08 bits per heavy atom. The minimum absolute atomic E-state index is 0.614. The first-order chi connectivity index (χ1) is 12.0. The molecule has 0 aliphatic rings. The highest BCUT2D eigenvalue weighted by molar-refractivity contribution is 5.66. The Morgan fingerprint density at radius 2 is 1.88 bits per heavy atom. The summed E-state index contributed by atoms with van der Waals surface area (Å²) in [6.45, 7) is 3.79. The smallest absolute Gasteiger partial charge is 0.224 e. The fraction of sp³-hybridized carbons (Fsp3) is 0.444. The summed E-state index contributed by atoms with van der Waals surface area (Å²) >= 11 is 0. The van der Waals surface area contributed by atoms with E-state index in [-0.39, 0.29) is 0 Å². The van der Waals surface area contributed by atoms with Gasteiger partial charge in [0, 0.05) is 24.4 Å². The first-order valence-electron chi connectivity index (χ1n) is 8.25. The number of nitrogens with one attached hydrogen (secondary N) is 2. The summed E-state index contributed by atoms with van der Waals surface area (Å²) in [4.78, 5) is 11.1. The molecule has 2 rings (SSSR count). The van der Waals surface area contributed by atoms with Gasteiger partial charge < -0.3 is 25.0 Å². The second-order valence-corrected chi connectivity index (χ2v) is 5.99. The number of methoxy groups -OCH3 is 2. The lowest BCUT2D eigenvalue weighted by Crippen LogP contribution is -2.17. The molecule has 7 heteroatoms. The Morgan fingerprint density at radius 3 is 2.56 bits per heavy atom. The van der Waals surface area contributed by atoms with E-state index in [1.165, 1.54) is 0 Å². The van der Waals surface area contributed by atoms with Gasteiger partial charge in [-0.25, -0.2) is 4.98 Å². The van der Waals surface area contributed by atoms with Crippen LogP contribution < -0.4 is 20.1 Å². The number of aromatic nitrogens is 2. The van der Waals surface area contributed by atoms with Gasteiger partial charge in [-0.05, 0) is 46.1 Å². The molecule has 1 aromatic carbocycles. The molecule has 2 N–H and O–H groups in total. The van der Waals surface area contributed by atoms with E-state index >= 15 is 0 Å². The molecule has 0 aliphatic carbocycles. The molecule has 0 saturated carbocycles. The maximum Gasteiger partial charge on any atom is 0.224 e. The van der Waals surface area contributed by atoms with Gasteiger partial charge in [0.15, 0.2) is 0 Å². The first-order valence-corrected chi connectivity index (χ1v) is 8.25. The Bertz CT molecular complexity index is 691. The highest BCUT2D eigenvalue weighted by Crippen LogP contribution is 2.31. The number of hydrogen-bond donors (Lipinski definition) is 2. The predicted molar refractivity (Wildman–Crippen MR) is 101 cm³/mol. The van der Waals surface area contributed by atoms with Gasteiger partial charge in [-0.15, -0.1) is 0 Å². The average Bonchev–Trinajstić information content (AvgIpc) is 2.58. The summed E-state index contributed by atoms with van der Waals surface area (Å²) < 4.78 is 10.7. The molecule has 25 heavy (non-hydrogen) atoms. The van der Waals surface area contributed by atoms with E-state index < -0.39 is 0 Å². The summed E-state index contributed by atoms with van der Waals surface area (Å²) in [6.07, 6.45) is 1.02. The summed E-state index contributed by atoms with van der Waals surface area (Å²) in [5.74, 6) is 2.78. The normalized spacial score (nSPS) is 10.6. The zero-order valence-electron chi connectivity index (χ0n) is 15.6. The van der Waals surface area contributed by atoms with E-state index in [4.69, 9.17) is 9.47 Å². The lowest BCUT2D eigenvalue weighted by Gasteiger charge is -2.14. The van der Waals surface area contributed by atoms with Crippen molar-refractivity contribution in [2.75, 3.05) is 52.0 Å². The van der Waals surface area contributed by atoms with Crippen molar-refractivity contribution in [1.29, 1.82) is 0 Å². The zero-order valence-corrected chi connectivity index (χ0v) is 15.6. The number of aryl methyl sites for hydroxylation is 1. The van der Waals surface area contributed by atoms with E-state index in [2.05, 4.69) is 39.6 Å². The summed E-state index contributed by atoms with van der Waals surface area (Å²) in [5, 5.41) is 6.56. The van der Waals surface area contributed by atoms with Gasteiger partial charge in [0.1, 0.15) is 17.3 Å². The molecule has 1 aromatic heterocycles. The minimum Gasteiger partial charge on any atom is -0.497 e. The molecule has 2 aromatic rings. The first kappa shape index (κ1) is 18.8. The SMILES string of the molecule is COc1ccc(OC)c(Nc2cc(C)nc(NCCCN(C)C)n2)c1. The minimum atomic E-state index is 0.614. The molecule has 0 aliphatic heterocycles. The second-order valence-electron chi connectivity index (χ2n) is 5.99. The largest absolute Gasteiger partial charge is 0.497 e. The van der Waals surface area contributed by atoms with Crippen molar-refractivity contribution in [2.24, 2.45) is 0 Å². The van der Waals surface area contributed by atoms with Gasteiger partial charge in [-0.3, -0.25) is 0 Å². The van der Waals surface area contributed by atoms with Crippen LogP contribution in [0.25, 0.3) is 0 Å². The van der Waals surface area contributed by atoms with E-state index in [0.717, 1.165) is 42.4 Å². The molecule has 0 radical (unpaired) electrons.